The number of pyridine rings is 2. The molecule has 4 aromatic heterocycles. The van der Waals surface area contributed by atoms with Gasteiger partial charge in [0.05, 0.1) is 11.0 Å². The fraction of sp³-hybridized carbons (Fsp3) is 0. The fourth-order valence-corrected chi connectivity index (χ4v) is 7.20. The van der Waals surface area contributed by atoms with Gasteiger partial charge in [-0.3, -0.25) is 9.59 Å². The molecule has 8 rings (SSSR count). The van der Waals surface area contributed by atoms with E-state index in [-0.39, 0.29) is 0 Å². The lowest BCUT2D eigenvalue weighted by Crippen LogP contribution is -2.20. The zero-order chi connectivity index (χ0) is 32.8. The highest BCUT2D eigenvalue weighted by molar-refractivity contribution is 9.10. The molecule has 6 heteroatoms. The molecule has 0 fully saturated rings. The molecule has 0 aliphatic heterocycles. The first-order chi connectivity index (χ1) is 23.5. The maximum Gasteiger partial charge on any atom is 0.252 e. The van der Waals surface area contributed by atoms with Crippen LogP contribution in [-0.4, -0.2) is 20.4 Å². The normalized spacial score (nSPS) is 11.3. The van der Waals surface area contributed by atoms with Gasteiger partial charge in [0.25, 0.3) is 11.6 Å². The van der Waals surface area contributed by atoms with Crippen molar-refractivity contribution in [1.29, 1.82) is 0 Å². The van der Waals surface area contributed by atoms with Gasteiger partial charge in [-0.05, 0) is 70.8 Å². The predicted octanol–water partition coefficient (Wildman–Crippen LogP) is 11.5. The van der Waals surface area contributed by atoms with E-state index in [1.54, 1.807) is 0 Å². The quantitative estimate of drug-likeness (QED) is 0.120. The Kier molecular flexibility index (Phi) is 7.75. The Labute approximate surface area is 294 Å². The van der Waals surface area contributed by atoms with E-state index < -0.39 is 11.6 Å². The molecule has 4 heterocycles. The summed E-state index contributed by atoms with van der Waals surface area (Å²) in [5, 5.41) is 0. The van der Waals surface area contributed by atoms with Crippen LogP contribution in [0.3, 0.4) is 0 Å². The van der Waals surface area contributed by atoms with Gasteiger partial charge in [0, 0.05) is 43.6 Å². The Morgan fingerprint density at radius 1 is 0.375 bits per heavy atom. The SMILES string of the molecule is O=C(C(=O)c1c(-c2ccc(Br)cc2)c(-c2ccccc2)c2ccccn12)c1c(-c2ccc(Br)cc2)c(-c2ccccc2)c2ccccn12. The zero-order valence-corrected chi connectivity index (χ0v) is 28.6. The van der Waals surface area contributed by atoms with Gasteiger partial charge < -0.3 is 8.80 Å². The van der Waals surface area contributed by atoms with E-state index in [2.05, 4.69) is 31.9 Å². The molecule has 48 heavy (non-hydrogen) atoms. The molecular formula is C42H26Br2N2O2. The molecule has 0 saturated carbocycles. The highest BCUT2D eigenvalue weighted by atomic mass is 79.9. The summed E-state index contributed by atoms with van der Waals surface area (Å²) in [5.41, 5.74) is 9.16. The summed E-state index contributed by atoms with van der Waals surface area (Å²) in [5.74, 6) is -1.17. The van der Waals surface area contributed by atoms with Gasteiger partial charge >= 0.3 is 0 Å². The summed E-state index contributed by atoms with van der Waals surface area (Å²) in [6.07, 6.45) is 3.73. The van der Waals surface area contributed by atoms with Crippen LogP contribution in [0.15, 0.2) is 167 Å². The maximum absolute atomic E-state index is 15.1. The minimum Gasteiger partial charge on any atom is -0.312 e. The van der Waals surface area contributed by atoms with Crippen molar-refractivity contribution >= 4 is 54.5 Å². The second-order valence-electron chi connectivity index (χ2n) is 11.5. The van der Waals surface area contributed by atoms with E-state index in [0.717, 1.165) is 53.4 Å². The van der Waals surface area contributed by atoms with E-state index in [1.807, 2.05) is 167 Å². The number of hydrogen-bond acceptors (Lipinski definition) is 2. The van der Waals surface area contributed by atoms with Gasteiger partial charge in [-0.1, -0.05) is 129 Å². The lowest BCUT2D eigenvalue weighted by molar-refractivity contribution is 0.0811. The van der Waals surface area contributed by atoms with Crippen molar-refractivity contribution in [3.8, 4) is 44.5 Å². The minimum absolute atomic E-state index is 0.325. The highest BCUT2D eigenvalue weighted by Crippen LogP contribution is 2.44. The lowest BCUT2D eigenvalue weighted by Gasteiger charge is -2.11. The van der Waals surface area contributed by atoms with Gasteiger partial charge in [0.2, 0.25) is 0 Å². The minimum atomic E-state index is -0.586. The number of halogens is 2. The first-order valence-electron chi connectivity index (χ1n) is 15.5. The van der Waals surface area contributed by atoms with Crippen molar-refractivity contribution in [3.05, 3.63) is 178 Å². The van der Waals surface area contributed by atoms with Crippen LogP contribution in [0.4, 0.5) is 0 Å². The number of aromatic nitrogens is 2. The zero-order valence-electron chi connectivity index (χ0n) is 25.5. The molecular weight excluding hydrogens is 724 g/mol. The molecule has 0 bridgehead atoms. The summed E-state index contributed by atoms with van der Waals surface area (Å²) in [7, 11) is 0. The van der Waals surface area contributed by atoms with Crippen molar-refractivity contribution in [3.63, 3.8) is 0 Å². The van der Waals surface area contributed by atoms with E-state index in [9.17, 15) is 0 Å². The standard InChI is InChI=1S/C42H26Br2N2O2/c43-31-21-17-29(18-22-31)37-35(27-11-3-1-4-12-27)33-15-7-9-25-45(33)39(37)41(47)42(48)40-38(30-19-23-32(44)24-20-30)36(28-13-5-2-6-14-28)34-16-8-10-26-46(34)40/h1-26H. The van der Waals surface area contributed by atoms with Gasteiger partial charge in [-0.15, -0.1) is 0 Å². The van der Waals surface area contributed by atoms with Crippen molar-refractivity contribution in [2.24, 2.45) is 0 Å². The van der Waals surface area contributed by atoms with Crippen molar-refractivity contribution in [2.45, 2.75) is 0 Å². The van der Waals surface area contributed by atoms with E-state index in [4.69, 9.17) is 0 Å². The molecule has 4 aromatic carbocycles. The average molecular weight is 750 g/mol. The van der Waals surface area contributed by atoms with Crippen LogP contribution >= 0.6 is 31.9 Å². The average Bonchev–Trinajstić information content (AvgIpc) is 3.66. The molecule has 0 radical (unpaired) electrons. The summed E-state index contributed by atoms with van der Waals surface area (Å²) in [6.45, 7) is 0. The highest BCUT2D eigenvalue weighted by Gasteiger charge is 2.34. The Morgan fingerprint density at radius 3 is 1.08 bits per heavy atom. The summed E-state index contributed by atoms with van der Waals surface area (Å²) >= 11 is 7.13. The number of hydrogen-bond donors (Lipinski definition) is 0. The molecule has 0 atom stereocenters. The summed E-state index contributed by atoms with van der Waals surface area (Å²) in [6, 6.07) is 47.5. The van der Waals surface area contributed by atoms with E-state index >= 15 is 9.59 Å². The number of fused-ring (bicyclic) bond motifs is 2. The van der Waals surface area contributed by atoms with Crippen molar-refractivity contribution < 1.29 is 9.59 Å². The van der Waals surface area contributed by atoms with Crippen LogP contribution in [0.25, 0.3) is 55.5 Å². The first-order valence-corrected chi connectivity index (χ1v) is 17.1. The number of Topliss-reactive ketones (excluding diaryl/α,β-unsaturated/α-hetero) is 2. The molecule has 0 amide bonds. The third kappa shape index (κ3) is 5.05. The molecule has 8 aromatic rings. The summed E-state index contributed by atoms with van der Waals surface area (Å²) < 4.78 is 5.58. The molecule has 0 spiro atoms. The molecule has 0 aliphatic carbocycles. The third-order valence-electron chi connectivity index (χ3n) is 8.71. The molecule has 230 valence electrons. The van der Waals surface area contributed by atoms with Gasteiger partial charge in [0.15, 0.2) is 0 Å². The van der Waals surface area contributed by atoms with Crippen LogP contribution in [0.1, 0.15) is 21.0 Å². The van der Waals surface area contributed by atoms with Gasteiger partial charge in [-0.2, -0.15) is 0 Å². The van der Waals surface area contributed by atoms with Crippen LogP contribution < -0.4 is 0 Å². The van der Waals surface area contributed by atoms with Crippen LogP contribution in [0.5, 0.6) is 0 Å². The monoisotopic (exact) mass is 748 g/mol. The Balaban J connectivity index is 1.44. The van der Waals surface area contributed by atoms with Crippen LogP contribution in [0, 0.1) is 0 Å². The topological polar surface area (TPSA) is 43.0 Å². The lowest BCUT2D eigenvalue weighted by atomic mass is 9.91. The first kappa shape index (κ1) is 30.1. The number of carbonyl (C=O) groups excluding carboxylic acids is 2. The number of rotatable bonds is 7. The smallest absolute Gasteiger partial charge is 0.252 e. The Hall–Kier alpha value is -5.30. The van der Waals surface area contributed by atoms with Crippen molar-refractivity contribution in [2.75, 3.05) is 0 Å². The van der Waals surface area contributed by atoms with Crippen LogP contribution in [0.2, 0.25) is 0 Å². The number of benzene rings is 4. The largest absolute Gasteiger partial charge is 0.312 e. The van der Waals surface area contributed by atoms with E-state index in [0.29, 0.717) is 22.5 Å². The molecule has 0 N–H and O–H groups in total. The number of nitrogens with zero attached hydrogens (tertiary/aromatic N) is 2. The van der Waals surface area contributed by atoms with Gasteiger partial charge in [0.1, 0.15) is 11.4 Å². The fourth-order valence-electron chi connectivity index (χ4n) is 6.67. The molecule has 0 saturated heterocycles. The molecule has 0 aliphatic rings. The number of ketones is 2. The Morgan fingerprint density at radius 2 is 0.708 bits per heavy atom. The van der Waals surface area contributed by atoms with E-state index in [1.165, 1.54) is 0 Å². The number of carbonyl (C=O) groups is 2. The maximum atomic E-state index is 15.1. The van der Waals surface area contributed by atoms with Gasteiger partial charge in [-0.25, -0.2) is 0 Å². The second kappa shape index (κ2) is 12.4. The van der Waals surface area contributed by atoms with Crippen molar-refractivity contribution in [1.82, 2.24) is 8.80 Å². The second-order valence-corrected chi connectivity index (χ2v) is 13.3. The molecule has 0 unspecified atom stereocenters. The Bertz CT molecular complexity index is 2300. The molecule has 4 nitrogen and oxygen atoms in total. The predicted molar refractivity (Wildman–Crippen MR) is 201 cm³/mol. The summed E-state index contributed by atoms with van der Waals surface area (Å²) in [4.78, 5) is 30.2. The third-order valence-corrected chi connectivity index (χ3v) is 9.77. The van der Waals surface area contributed by atoms with Crippen LogP contribution in [-0.2, 0) is 0 Å².